The van der Waals surface area contributed by atoms with E-state index in [9.17, 15) is 8.42 Å². The molecule has 0 bridgehead atoms. The standard InChI is InChI=1S/C12H25N3O3S/c1-13-12(15-11-5-3-4-6-11)14-7-8-18-9-10-19(2,16)17/h11H,3-10H2,1-2H3,(H2,13,14,15). The Kier molecular flexibility index (Phi) is 7.15. The average molecular weight is 291 g/mol. The maximum absolute atomic E-state index is 10.9. The van der Waals surface area contributed by atoms with Gasteiger partial charge in [0.25, 0.3) is 0 Å². The van der Waals surface area contributed by atoms with Crippen LogP contribution in [0.4, 0.5) is 0 Å². The summed E-state index contributed by atoms with van der Waals surface area (Å²) in [5, 5.41) is 6.53. The number of nitrogens with zero attached hydrogens (tertiary/aromatic N) is 1. The Morgan fingerprint density at radius 2 is 2.00 bits per heavy atom. The minimum absolute atomic E-state index is 0.0715. The van der Waals surface area contributed by atoms with E-state index in [1.807, 2.05) is 0 Å². The number of nitrogens with one attached hydrogen (secondary N) is 2. The molecule has 0 spiro atoms. The zero-order valence-corrected chi connectivity index (χ0v) is 12.6. The first-order valence-electron chi connectivity index (χ1n) is 6.74. The zero-order chi connectivity index (χ0) is 14.1. The van der Waals surface area contributed by atoms with Crippen LogP contribution in [-0.4, -0.2) is 59.2 Å². The molecule has 1 saturated carbocycles. The van der Waals surface area contributed by atoms with Crippen molar-refractivity contribution in [1.29, 1.82) is 0 Å². The molecule has 1 rings (SSSR count). The van der Waals surface area contributed by atoms with E-state index >= 15 is 0 Å². The van der Waals surface area contributed by atoms with Crippen molar-refractivity contribution >= 4 is 15.8 Å². The molecule has 0 aliphatic heterocycles. The quantitative estimate of drug-likeness (QED) is 0.397. The van der Waals surface area contributed by atoms with Crippen LogP contribution < -0.4 is 10.6 Å². The van der Waals surface area contributed by atoms with E-state index in [-0.39, 0.29) is 12.4 Å². The Morgan fingerprint density at radius 3 is 2.58 bits per heavy atom. The van der Waals surface area contributed by atoms with Gasteiger partial charge in [-0.05, 0) is 12.8 Å². The molecule has 1 aliphatic rings. The number of sulfone groups is 1. The molecule has 0 saturated heterocycles. The van der Waals surface area contributed by atoms with Crippen LogP contribution in [0.15, 0.2) is 4.99 Å². The van der Waals surface area contributed by atoms with Gasteiger partial charge in [-0.15, -0.1) is 0 Å². The molecule has 1 aliphatic carbocycles. The first-order valence-corrected chi connectivity index (χ1v) is 8.80. The summed E-state index contributed by atoms with van der Waals surface area (Å²) in [4.78, 5) is 4.15. The molecule has 0 atom stereocenters. The maximum Gasteiger partial charge on any atom is 0.191 e. The lowest BCUT2D eigenvalue weighted by atomic mass is 10.2. The maximum atomic E-state index is 10.9. The van der Waals surface area contributed by atoms with Crippen LogP contribution in [-0.2, 0) is 14.6 Å². The third-order valence-corrected chi connectivity index (χ3v) is 3.97. The van der Waals surface area contributed by atoms with Crippen molar-refractivity contribution in [3.05, 3.63) is 0 Å². The predicted octanol–water partition coefficient (Wildman–Crippen LogP) is 0.155. The molecule has 0 heterocycles. The summed E-state index contributed by atoms with van der Waals surface area (Å²) in [7, 11) is -1.18. The molecule has 0 aromatic rings. The highest BCUT2D eigenvalue weighted by molar-refractivity contribution is 7.90. The van der Waals surface area contributed by atoms with Crippen LogP contribution in [0.5, 0.6) is 0 Å². The number of ether oxygens (including phenoxy) is 1. The van der Waals surface area contributed by atoms with Crippen molar-refractivity contribution in [3.63, 3.8) is 0 Å². The van der Waals surface area contributed by atoms with E-state index in [1.165, 1.54) is 31.9 Å². The second-order valence-corrected chi connectivity index (χ2v) is 7.13. The molecule has 0 aromatic carbocycles. The van der Waals surface area contributed by atoms with E-state index in [1.54, 1.807) is 7.05 Å². The number of hydrogen-bond donors (Lipinski definition) is 2. The summed E-state index contributed by atoms with van der Waals surface area (Å²) in [6.45, 7) is 1.34. The van der Waals surface area contributed by atoms with Gasteiger partial charge in [0.1, 0.15) is 9.84 Å². The summed E-state index contributed by atoms with van der Waals surface area (Å²) in [6.07, 6.45) is 6.17. The van der Waals surface area contributed by atoms with Crippen LogP contribution >= 0.6 is 0 Å². The van der Waals surface area contributed by atoms with Crippen molar-refractivity contribution in [2.45, 2.75) is 31.7 Å². The van der Waals surface area contributed by atoms with Crippen LogP contribution in [0, 0.1) is 0 Å². The molecule has 0 radical (unpaired) electrons. The SMILES string of the molecule is CN=C(NCCOCCS(C)(=O)=O)NC1CCCC1. The molecule has 19 heavy (non-hydrogen) atoms. The smallest absolute Gasteiger partial charge is 0.191 e. The monoisotopic (exact) mass is 291 g/mol. The van der Waals surface area contributed by atoms with Gasteiger partial charge in [-0.25, -0.2) is 8.42 Å². The van der Waals surface area contributed by atoms with E-state index < -0.39 is 9.84 Å². The second kappa shape index (κ2) is 8.37. The lowest BCUT2D eigenvalue weighted by Crippen LogP contribution is -2.43. The Hall–Kier alpha value is -0.820. The Morgan fingerprint density at radius 1 is 1.32 bits per heavy atom. The van der Waals surface area contributed by atoms with Crippen molar-refractivity contribution in [2.75, 3.05) is 38.8 Å². The van der Waals surface area contributed by atoms with Gasteiger partial charge in [-0.1, -0.05) is 12.8 Å². The zero-order valence-electron chi connectivity index (χ0n) is 11.8. The largest absolute Gasteiger partial charge is 0.379 e. The van der Waals surface area contributed by atoms with Crippen molar-refractivity contribution < 1.29 is 13.2 Å². The Bertz CT molecular complexity index is 376. The van der Waals surface area contributed by atoms with Gasteiger partial charge in [0.05, 0.1) is 19.0 Å². The fourth-order valence-electron chi connectivity index (χ4n) is 2.01. The molecular formula is C12H25N3O3S. The van der Waals surface area contributed by atoms with Crippen LogP contribution in [0.25, 0.3) is 0 Å². The van der Waals surface area contributed by atoms with Gasteiger partial charge in [0.15, 0.2) is 5.96 Å². The molecule has 112 valence electrons. The predicted molar refractivity (Wildman–Crippen MR) is 77.3 cm³/mol. The number of rotatable bonds is 7. The van der Waals surface area contributed by atoms with Gasteiger partial charge < -0.3 is 15.4 Å². The van der Waals surface area contributed by atoms with Crippen molar-refractivity contribution in [3.8, 4) is 0 Å². The van der Waals surface area contributed by atoms with Crippen molar-refractivity contribution in [2.24, 2.45) is 4.99 Å². The highest BCUT2D eigenvalue weighted by Crippen LogP contribution is 2.17. The fourth-order valence-corrected chi connectivity index (χ4v) is 2.43. The van der Waals surface area contributed by atoms with Crippen LogP contribution in [0.2, 0.25) is 0 Å². The summed E-state index contributed by atoms with van der Waals surface area (Å²) in [5.74, 6) is 0.862. The van der Waals surface area contributed by atoms with Crippen molar-refractivity contribution in [1.82, 2.24) is 10.6 Å². The number of guanidine groups is 1. The molecule has 1 fully saturated rings. The Labute approximate surface area is 115 Å². The highest BCUT2D eigenvalue weighted by Gasteiger charge is 2.15. The summed E-state index contributed by atoms with van der Waals surface area (Å²) in [6, 6.07) is 0.525. The van der Waals surface area contributed by atoms with E-state index in [2.05, 4.69) is 15.6 Å². The van der Waals surface area contributed by atoms with Gasteiger partial charge in [0, 0.05) is 25.9 Å². The number of aliphatic imine (C=N–C) groups is 1. The molecule has 7 heteroatoms. The molecule has 6 nitrogen and oxygen atoms in total. The normalized spacial score (nSPS) is 17.7. The first kappa shape index (κ1) is 16.2. The van der Waals surface area contributed by atoms with Gasteiger partial charge in [0.2, 0.25) is 0 Å². The van der Waals surface area contributed by atoms with Crippen LogP contribution in [0.3, 0.4) is 0 Å². The first-order chi connectivity index (χ1) is 9.01. The fraction of sp³-hybridized carbons (Fsp3) is 0.917. The van der Waals surface area contributed by atoms with Crippen LogP contribution in [0.1, 0.15) is 25.7 Å². The number of hydrogen-bond acceptors (Lipinski definition) is 4. The minimum atomic E-state index is -2.93. The van der Waals surface area contributed by atoms with Gasteiger partial charge >= 0.3 is 0 Å². The summed E-state index contributed by atoms with van der Waals surface area (Å²) >= 11 is 0. The topological polar surface area (TPSA) is 79.8 Å². The van der Waals surface area contributed by atoms with E-state index in [0.29, 0.717) is 19.2 Å². The lowest BCUT2D eigenvalue weighted by Gasteiger charge is -2.16. The van der Waals surface area contributed by atoms with Gasteiger partial charge in [-0.3, -0.25) is 4.99 Å². The molecular weight excluding hydrogens is 266 g/mol. The Balaban J connectivity index is 2.06. The summed E-state index contributed by atoms with van der Waals surface area (Å²) < 4.78 is 27.0. The third kappa shape index (κ3) is 8.05. The van der Waals surface area contributed by atoms with E-state index in [4.69, 9.17) is 4.74 Å². The third-order valence-electron chi connectivity index (χ3n) is 3.06. The van der Waals surface area contributed by atoms with E-state index in [0.717, 1.165) is 5.96 Å². The molecule has 0 amide bonds. The minimum Gasteiger partial charge on any atom is -0.379 e. The average Bonchev–Trinajstić information content (AvgIpc) is 2.83. The molecule has 2 N–H and O–H groups in total. The molecule has 0 aromatic heterocycles. The van der Waals surface area contributed by atoms with Gasteiger partial charge in [-0.2, -0.15) is 0 Å². The lowest BCUT2D eigenvalue weighted by molar-refractivity contribution is 0.154. The molecule has 0 unspecified atom stereocenters. The second-order valence-electron chi connectivity index (χ2n) is 4.87. The highest BCUT2D eigenvalue weighted by atomic mass is 32.2. The summed E-state index contributed by atoms with van der Waals surface area (Å²) in [5.41, 5.74) is 0.